The topological polar surface area (TPSA) is 50.9 Å². The molecule has 0 amide bonds. The monoisotopic (exact) mass is 233 g/mol. The molecule has 16 heavy (non-hydrogen) atoms. The predicted molar refractivity (Wildman–Crippen MR) is 67.2 cm³/mol. The highest BCUT2D eigenvalue weighted by Crippen LogP contribution is 2.24. The lowest BCUT2D eigenvalue weighted by atomic mass is 10.0. The van der Waals surface area contributed by atoms with Gasteiger partial charge in [-0.25, -0.2) is 5.43 Å². The van der Waals surface area contributed by atoms with Crippen molar-refractivity contribution in [2.75, 3.05) is 0 Å². The molecule has 0 aliphatic rings. The van der Waals surface area contributed by atoms with Crippen molar-refractivity contribution >= 4 is 11.3 Å². The van der Waals surface area contributed by atoms with Gasteiger partial charge in [-0.1, -0.05) is 6.07 Å². The van der Waals surface area contributed by atoms with Crippen LogP contribution in [0.4, 0.5) is 0 Å². The number of rotatable bonds is 3. The Morgan fingerprint density at radius 1 is 1.44 bits per heavy atom. The number of aromatic nitrogens is 1. The number of nitrogens with one attached hydrogen (secondary N) is 1. The number of hydrogen-bond donors (Lipinski definition) is 2. The molecule has 2 aromatic rings. The highest BCUT2D eigenvalue weighted by atomic mass is 32.1. The predicted octanol–water partition coefficient (Wildman–Crippen LogP) is 2.31. The number of nitrogens with zero attached hydrogens (tertiary/aromatic N) is 1. The van der Waals surface area contributed by atoms with Gasteiger partial charge in [0, 0.05) is 6.20 Å². The number of hydrazine groups is 1. The summed E-state index contributed by atoms with van der Waals surface area (Å²) in [4.78, 5) is 4.47. The zero-order valence-electron chi connectivity index (χ0n) is 9.40. The van der Waals surface area contributed by atoms with Crippen LogP contribution in [0.5, 0.6) is 0 Å². The first-order chi connectivity index (χ1) is 7.72. The highest BCUT2D eigenvalue weighted by Gasteiger charge is 2.16. The van der Waals surface area contributed by atoms with E-state index in [0.29, 0.717) is 0 Å². The Hall–Kier alpha value is -1.23. The standard InChI is InChI=1S/C12H15N3S/c1-8-5-9(2)11(14-6-8)12(15-13)10-3-4-16-7-10/h3-7,12,15H,13H2,1-2H3. The van der Waals surface area contributed by atoms with Gasteiger partial charge in [-0.15, -0.1) is 0 Å². The van der Waals surface area contributed by atoms with Crippen LogP contribution in [0.1, 0.15) is 28.4 Å². The minimum absolute atomic E-state index is 0.0214. The van der Waals surface area contributed by atoms with E-state index < -0.39 is 0 Å². The molecule has 0 aromatic carbocycles. The second kappa shape index (κ2) is 4.74. The summed E-state index contributed by atoms with van der Waals surface area (Å²) in [6.07, 6.45) is 1.87. The largest absolute Gasteiger partial charge is 0.271 e. The van der Waals surface area contributed by atoms with Crippen molar-refractivity contribution in [3.63, 3.8) is 0 Å². The summed E-state index contributed by atoms with van der Waals surface area (Å²) in [5.74, 6) is 5.62. The normalized spacial score (nSPS) is 12.7. The van der Waals surface area contributed by atoms with Crippen LogP contribution in [0.2, 0.25) is 0 Å². The number of nitrogens with two attached hydrogens (primary N) is 1. The first-order valence-corrected chi connectivity index (χ1v) is 6.08. The van der Waals surface area contributed by atoms with Crippen molar-refractivity contribution in [3.8, 4) is 0 Å². The Labute approximate surface area is 99.3 Å². The number of aryl methyl sites for hydroxylation is 2. The molecule has 3 N–H and O–H groups in total. The molecule has 0 radical (unpaired) electrons. The van der Waals surface area contributed by atoms with Crippen LogP contribution in [0, 0.1) is 13.8 Å². The lowest BCUT2D eigenvalue weighted by molar-refractivity contribution is 0.618. The van der Waals surface area contributed by atoms with Crippen molar-refractivity contribution in [2.24, 2.45) is 5.84 Å². The first-order valence-electron chi connectivity index (χ1n) is 5.13. The van der Waals surface area contributed by atoms with E-state index >= 15 is 0 Å². The minimum atomic E-state index is -0.0214. The van der Waals surface area contributed by atoms with Gasteiger partial charge in [0.15, 0.2) is 0 Å². The fraction of sp³-hybridized carbons (Fsp3) is 0.250. The maximum absolute atomic E-state index is 5.62. The Balaban J connectivity index is 2.41. The molecular formula is C12H15N3S. The molecular weight excluding hydrogens is 218 g/mol. The molecule has 0 saturated carbocycles. The third-order valence-electron chi connectivity index (χ3n) is 2.57. The van der Waals surface area contributed by atoms with Gasteiger partial charge in [0.25, 0.3) is 0 Å². The minimum Gasteiger partial charge on any atom is -0.271 e. The quantitative estimate of drug-likeness (QED) is 0.632. The van der Waals surface area contributed by atoms with Crippen molar-refractivity contribution in [2.45, 2.75) is 19.9 Å². The van der Waals surface area contributed by atoms with Crippen LogP contribution in [0.25, 0.3) is 0 Å². The van der Waals surface area contributed by atoms with Crippen molar-refractivity contribution < 1.29 is 0 Å². The molecule has 1 atom stereocenters. The third-order valence-corrected chi connectivity index (χ3v) is 3.27. The maximum atomic E-state index is 5.62. The summed E-state index contributed by atoms with van der Waals surface area (Å²) >= 11 is 1.66. The van der Waals surface area contributed by atoms with E-state index in [4.69, 9.17) is 5.84 Å². The maximum Gasteiger partial charge on any atom is 0.0892 e. The number of hydrogen-bond acceptors (Lipinski definition) is 4. The summed E-state index contributed by atoms with van der Waals surface area (Å²) in [6, 6.07) is 4.17. The van der Waals surface area contributed by atoms with E-state index in [1.165, 1.54) is 5.56 Å². The second-order valence-corrected chi connectivity index (χ2v) is 4.65. The first kappa shape index (κ1) is 11.3. The lowest BCUT2D eigenvalue weighted by Gasteiger charge is -2.16. The molecule has 3 nitrogen and oxygen atoms in total. The zero-order chi connectivity index (χ0) is 11.5. The summed E-state index contributed by atoms with van der Waals surface area (Å²) in [5.41, 5.74) is 7.31. The van der Waals surface area contributed by atoms with Crippen LogP contribution in [0.3, 0.4) is 0 Å². The Morgan fingerprint density at radius 2 is 2.25 bits per heavy atom. The second-order valence-electron chi connectivity index (χ2n) is 3.87. The molecule has 2 heterocycles. The highest BCUT2D eigenvalue weighted by molar-refractivity contribution is 7.08. The average molecular weight is 233 g/mol. The van der Waals surface area contributed by atoms with Crippen LogP contribution >= 0.6 is 11.3 Å². The van der Waals surface area contributed by atoms with Crippen LogP contribution in [0.15, 0.2) is 29.1 Å². The molecule has 0 saturated heterocycles. The molecule has 0 aliphatic heterocycles. The number of pyridine rings is 1. The van der Waals surface area contributed by atoms with Gasteiger partial charge < -0.3 is 0 Å². The van der Waals surface area contributed by atoms with Gasteiger partial charge in [0.1, 0.15) is 0 Å². The Morgan fingerprint density at radius 3 is 2.81 bits per heavy atom. The molecule has 0 aliphatic carbocycles. The van der Waals surface area contributed by atoms with Crippen molar-refractivity contribution in [1.82, 2.24) is 10.4 Å². The SMILES string of the molecule is Cc1cnc(C(NN)c2ccsc2)c(C)c1. The van der Waals surface area contributed by atoms with E-state index in [2.05, 4.69) is 34.8 Å². The van der Waals surface area contributed by atoms with Gasteiger partial charge in [0.2, 0.25) is 0 Å². The van der Waals surface area contributed by atoms with E-state index in [0.717, 1.165) is 16.8 Å². The smallest absolute Gasteiger partial charge is 0.0892 e. The fourth-order valence-corrected chi connectivity index (χ4v) is 2.49. The van der Waals surface area contributed by atoms with Gasteiger partial charge >= 0.3 is 0 Å². The molecule has 1 unspecified atom stereocenters. The Kier molecular flexibility index (Phi) is 3.33. The van der Waals surface area contributed by atoms with E-state index in [1.807, 2.05) is 18.5 Å². The molecule has 84 valence electrons. The molecule has 2 aromatic heterocycles. The van der Waals surface area contributed by atoms with Crippen molar-refractivity contribution in [3.05, 3.63) is 51.5 Å². The molecule has 0 spiro atoms. The van der Waals surface area contributed by atoms with Crippen LogP contribution < -0.4 is 11.3 Å². The average Bonchev–Trinajstić information content (AvgIpc) is 2.75. The molecule has 0 fully saturated rings. The van der Waals surface area contributed by atoms with E-state index in [-0.39, 0.29) is 6.04 Å². The van der Waals surface area contributed by atoms with Crippen LogP contribution in [-0.4, -0.2) is 4.98 Å². The van der Waals surface area contributed by atoms with Crippen molar-refractivity contribution in [1.29, 1.82) is 0 Å². The van der Waals surface area contributed by atoms with Gasteiger partial charge in [-0.3, -0.25) is 10.8 Å². The summed E-state index contributed by atoms with van der Waals surface area (Å²) in [5, 5.41) is 4.13. The van der Waals surface area contributed by atoms with Gasteiger partial charge in [-0.05, 0) is 47.4 Å². The summed E-state index contributed by atoms with van der Waals surface area (Å²) < 4.78 is 0. The lowest BCUT2D eigenvalue weighted by Crippen LogP contribution is -2.29. The van der Waals surface area contributed by atoms with Gasteiger partial charge in [0.05, 0.1) is 11.7 Å². The summed E-state index contributed by atoms with van der Waals surface area (Å²) in [7, 11) is 0. The Bertz CT molecular complexity index is 465. The number of thiophene rings is 1. The third kappa shape index (κ3) is 2.14. The molecule has 0 bridgehead atoms. The van der Waals surface area contributed by atoms with Crippen LogP contribution in [-0.2, 0) is 0 Å². The summed E-state index contributed by atoms with van der Waals surface area (Å²) in [6.45, 7) is 4.10. The molecule has 4 heteroatoms. The fourth-order valence-electron chi connectivity index (χ4n) is 1.80. The van der Waals surface area contributed by atoms with Gasteiger partial charge in [-0.2, -0.15) is 11.3 Å². The van der Waals surface area contributed by atoms with E-state index in [9.17, 15) is 0 Å². The van der Waals surface area contributed by atoms with E-state index in [1.54, 1.807) is 11.3 Å². The zero-order valence-corrected chi connectivity index (χ0v) is 10.2. The molecule has 2 rings (SSSR count).